The first-order valence-corrected chi connectivity index (χ1v) is 7.33. The minimum absolute atomic E-state index is 0. The predicted octanol–water partition coefficient (Wildman–Crippen LogP) is 3.52. The van der Waals surface area contributed by atoms with Crippen molar-refractivity contribution in [3.63, 3.8) is 0 Å². The summed E-state index contributed by atoms with van der Waals surface area (Å²) < 4.78 is 0. The summed E-state index contributed by atoms with van der Waals surface area (Å²) in [6, 6.07) is 8.24. The number of hydrogen-bond donors (Lipinski definition) is 2. The van der Waals surface area contributed by atoms with Crippen LogP contribution >= 0.6 is 12.4 Å². The van der Waals surface area contributed by atoms with Crippen LogP contribution in [0.1, 0.15) is 44.6 Å². The van der Waals surface area contributed by atoms with Crippen molar-refractivity contribution in [3.8, 4) is 0 Å². The van der Waals surface area contributed by atoms with Crippen LogP contribution in [0.3, 0.4) is 0 Å². The molecular formula is C16H25ClN2O. The molecule has 0 bridgehead atoms. The molecule has 1 aliphatic rings. The van der Waals surface area contributed by atoms with Crippen molar-refractivity contribution in [2.45, 2.75) is 51.5 Å². The number of halogens is 1. The third kappa shape index (κ3) is 4.80. The number of benzene rings is 1. The number of carbonyl (C=O) groups is 1. The van der Waals surface area contributed by atoms with Crippen molar-refractivity contribution in [3.05, 3.63) is 29.8 Å². The van der Waals surface area contributed by atoms with Crippen LogP contribution in [-0.2, 0) is 11.2 Å². The van der Waals surface area contributed by atoms with Gasteiger partial charge in [-0.15, -0.1) is 12.4 Å². The minimum atomic E-state index is 0. The van der Waals surface area contributed by atoms with Gasteiger partial charge in [0.15, 0.2) is 0 Å². The molecular weight excluding hydrogens is 272 g/mol. The maximum Gasteiger partial charge on any atom is 0.224 e. The monoisotopic (exact) mass is 296 g/mol. The van der Waals surface area contributed by atoms with Crippen LogP contribution in [0.4, 0.5) is 5.69 Å². The van der Waals surface area contributed by atoms with E-state index in [1.807, 2.05) is 18.2 Å². The lowest BCUT2D eigenvalue weighted by atomic mass is 9.83. The largest absolute Gasteiger partial charge is 0.327 e. The van der Waals surface area contributed by atoms with E-state index in [4.69, 9.17) is 5.73 Å². The van der Waals surface area contributed by atoms with Gasteiger partial charge in [0.25, 0.3) is 0 Å². The molecule has 0 spiro atoms. The molecule has 1 fully saturated rings. The second-order valence-electron chi connectivity index (χ2n) is 5.51. The van der Waals surface area contributed by atoms with Gasteiger partial charge < -0.3 is 11.1 Å². The summed E-state index contributed by atoms with van der Waals surface area (Å²) in [6.45, 7) is 2.11. The topological polar surface area (TPSA) is 55.1 Å². The molecule has 1 aliphatic carbocycles. The summed E-state index contributed by atoms with van der Waals surface area (Å²) in [5.74, 6) is 0.443. The Morgan fingerprint density at radius 2 is 2.10 bits per heavy atom. The summed E-state index contributed by atoms with van der Waals surface area (Å²) in [5, 5.41) is 2.99. The summed E-state index contributed by atoms with van der Waals surface area (Å²) in [7, 11) is 0. The van der Waals surface area contributed by atoms with Gasteiger partial charge in [0.05, 0.1) is 0 Å². The number of aryl methyl sites for hydroxylation is 1. The van der Waals surface area contributed by atoms with Crippen molar-refractivity contribution in [1.82, 2.24) is 0 Å². The van der Waals surface area contributed by atoms with Crippen LogP contribution < -0.4 is 11.1 Å². The molecule has 1 amide bonds. The number of carbonyl (C=O) groups excluding carboxylic acids is 1. The van der Waals surface area contributed by atoms with E-state index in [-0.39, 0.29) is 24.4 Å². The third-order valence-corrected chi connectivity index (χ3v) is 4.03. The summed E-state index contributed by atoms with van der Waals surface area (Å²) >= 11 is 0. The number of nitrogens with one attached hydrogen (secondary N) is 1. The van der Waals surface area contributed by atoms with Crippen molar-refractivity contribution in [2.75, 3.05) is 5.32 Å². The van der Waals surface area contributed by atoms with Gasteiger partial charge in [-0.05, 0) is 42.9 Å². The first-order valence-electron chi connectivity index (χ1n) is 7.33. The highest BCUT2D eigenvalue weighted by Gasteiger charge is 2.24. The fraction of sp³-hybridized carbons (Fsp3) is 0.562. The normalized spacial score (nSPS) is 21.9. The maximum absolute atomic E-state index is 12.1. The molecule has 0 radical (unpaired) electrons. The fourth-order valence-corrected chi connectivity index (χ4v) is 2.81. The Bertz CT molecular complexity index is 436. The zero-order chi connectivity index (χ0) is 13.7. The molecule has 20 heavy (non-hydrogen) atoms. The Balaban J connectivity index is 0.00000200. The number of anilines is 1. The summed E-state index contributed by atoms with van der Waals surface area (Å²) in [6.07, 6.45) is 6.09. The van der Waals surface area contributed by atoms with Crippen molar-refractivity contribution >= 4 is 24.0 Å². The quantitative estimate of drug-likeness (QED) is 0.893. The van der Waals surface area contributed by atoms with E-state index in [1.54, 1.807) is 0 Å². The number of hydrogen-bond acceptors (Lipinski definition) is 2. The van der Waals surface area contributed by atoms with Crippen LogP contribution in [0.5, 0.6) is 0 Å². The van der Waals surface area contributed by atoms with Gasteiger partial charge in [-0.2, -0.15) is 0 Å². The Labute approximate surface area is 127 Å². The highest BCUT2D eigenvalue weighted by molar-refractivity contribution is 5.91. The second-order valence-corrected chi connectivity index (χ2v) is 5.51. The van der Waals surface area contributed by atoms with E-state index in [9.17, 15) is 4.79 Å². The van der Waals surface area contributed by atoms with Gasteiger partial charge in [-0.3, -0.25) is 4.79 Å². The van der Waals surface area contributed by atoms with Gasteiger partial charge in [0.2, 0.25) is 5.91 Å². The molecule has 0 saturated heterocycles. The molecule has 0 aromatic heterocycles. The zero-order valence-electron chi connectivity index (χ0n) is 12.1. The molecule has 0 aliphatic heterocycles. The van der Waals surface area contributed by atoms with E-state index in [1.165, 1.54) is 18.4 Å². The standard InChI is InChI=1S/C16H24N2O.ClH/c1-2-12-6-5-8-14(10-12)18-16(19)11-13-7-3-4-9-15(13)17;/h5-6,8,10,13,15H,2-4,7,9,11,17H2,1H3,(H,18,19);1H. The van der Waals surface area contributed by atoms with Gasteiger partial charge in [0, 0.05) is 18.2 Å². The molecule has 1 aromatic carbocycles. The Hall–Kier alpha value is -1.06. The van der Waals surface area contributed by atoms with Gasteiger partial charge in [-0.1, -0.05) is 31.9 Å². The summed E-state index contributed by atoms with van der Waals surface area (Å²) in [5.41, 5.74) is 8.23. The molecule has 2 rings (SSSR count). The lowest BCUT2D eigenvalue weighted by molar-refractivity contribution is -0.117. The molecule has 112 valence electrons. The van der Waals surface area contributed by atoms with Gasteiger partial charge in [-0.25, -0.2) is 0 Å². The number of nitrogens with two attached hydrogens (primary N) is 1. The Morgan fingerprint density at radius 1 is 1.35 bits per heavy atom. The highest BCUT2D eigenvalue weighted by Crippen LogP contribution is 2.26. The summed E-state index contributed by atoms with van der Waals surface area (Å²) in [4.78, 5) is 12.1. The SMILES string of the molecule is CCc1cccc(NC(=O)CC2CCCCC2N)c1.Cl. The predicted molar refractivity (Wildman–Crippen MR) is 86.2 cm³/mol. The molecule has 3 N–H and O–H groups in total. The van der Waals surface area contributed by atoms with Crippen LogP contribution in [0.25, 0.3) is 0 Å². The van der Waals surface area contributed by atoms with Crippen LogP contribution in [0.2, 0.25) is 0 Å². The lowest BCUT2D eigenvalue weighted by Crippen LogP contribution is -2.35. The smallest absolute Gasteiger partial charge is 0.224 e. The van der Waals surface area contributed by atoms with E-state index in [0.29, 0.717) is 12.3 Å². The van der Waals surface area contributed by atoms with Gasteiger partial charge >= 0.3 is 0 Å². The average molecular weight is 297 g/mol. The fourth-order valence-electron chi connectivity index (χ4n) is 2.81. The zero-order valence-corrected chi connectivity index (χ0v) is 12.9. The first kappa shape index (κ1) is 17.0. The van der Waals surface area contributed by atoms with E-state index < -0.39 is 0 Å². The lowest BCUT2D eigenvalue weighted by Gasteiger charge is -2.27. The Morgan fingerprint density at radius 3 is 2.80 bits per heavy atom. The van der Waals surface area contributed by atoms with Crippen LogP contribution in [0, 0.1) is 5.92 Å². The first-order chi connectivity index (χ1) is 9.19. The van der Waals surface area contributed by atoms with Crippen molar-refractivity contribution in [1.29, 1.82) is 0 Å². The van der Waals surface area contributed by atoms with E-state index >= 15 is 0 Å². The molecule has 1 aromatic rings. The van der Waals surface area contributed by atoms with Crippen LogP contribution in [-0.4, -0.2) is 11.9 Å². The molecule has 1 saturated carbocycles. The molecule has 3 nitrogen and oxygen atoms in total. The minimum Gasteiger partial charge on any atom is -0.327 e. The number of rotatable bonds is 4. The Kier molecular flexibility index (Phi) is 7.03. The van der Waals surface area contributed by atoms with Crippen molar-refractivity contribution < 1.29 is 4.79 Å². The molecule has 2 unspecified atom stereocenters. The maximum atomic E-state index is 12.1. The average Bonchev–Trinajstić information content (AvgIpc) is 2.41. The van der Waals surface area contributed by atoms with E-state index in [2.05, 4.69) is 18.3 Å². The molecule has 2 atom stereocenters. The van der Waals surface area contributed by atoms with E-state index in [0.717, 1.165) is 24.9 Å². The van der Waals surface area contributed by atoms with Gasteiger partial charge in [0.1, 0.15) is 0 Å². The molecule has 0 heterocycles. The second kappa shape index (κ2) is 8.28. The van der Waals surface area contributed by atoms with Crippen molar-refractivity contribution in [2.24, 2.45) is 11.7 Å². The highest BCUT2D eigenvalue weighted by atomic mass is 35.5. The number of amides is 1. The third-order valence-electron chi connectivity index (χ3n) is 4.03. The van der Waals surface area contributed by atoms with Crippen LogP contribution in [0.15, 0.2) is 24.3 Å². The molecule has 4 heteroatoms.